The Kier molecular flexibility index (Phi) is 3.20. The molecule has 2 aromatic rings. The van der Waals surface area contributed by atoms with Crippen molar-refractivity contribution in [1.29, 1.82) is 0 Å². The van der Waals surface area contributed by atoms with E-state index >= 15 is 0 Å². The third-order valence-corrected chi connectivity index (χ3v) is 2.72. The Morgan fingerprint density at radius 3 is 2.65 bits per heavy atom. The average Bonchev–Trinajstić information content (AvgIpc) is 2.27. The second-order valence-corrected chi connectivity index (χ2v) is 4.32. The zero-order valence-electron chi connectivity index (χ0n) is 9.70. The number of benzene rings is 1. The van der Waals surface area contributed by atoms with Gasteiger partial charge in [-0.25, -0.2) is 4.98 Å². The van der Waals surface area contributed by atoms with Crippen LogP contribution in [0.1, 0.15) is 11.1 Å². The molecule has 2 N–H and O–H groups in total. The number of aryl methyl sites for hydroxylation is 2. The highest BCUT2D eigenvalue weighted by molar-refractivity contribution is 6.32. The lowest BCUT2D eigenvalue weighted by Gasteiger charge is -2.08. The number of pyridine rings is 1. The number of anilines is 1. The van der Waals surface area contributed by atoms with E-state index in [1.54, 1.807) is 12.3 Å². The highest BCUT2D eigenvalue weighted by Crippen LogP contribution is 2.29. The van der Waals surface area contributed by atoms with Gasteiger partial charge in [-0.1, -0.05) is 17.7 Å². The first-order valence-electron chi connectivity index (χ1n) is 5.22. The summed E-state index contributed by atoms with van der Waals surface area (Å²) in [7, 11) is 0. The predicted octanol–water partition coefficient (Wildman–Crippen LogP) is 3.73. The van der Waals surface area contributed by atoms with Gasteiger partial charge >= 0.3 is 0 Å². The molecule has 0 aliphatic heterocycles. The van der Waals surface area contributed by atoms with Crippen LogP contribution in [0, 0.1) is 13.8 Å². The molecule has 0 amide bonds. The van der Waals surface area contributed by atoms with Crippen molar-refractivity contribution >= 4 is 17.3 Å². The van der Waals surface area contributed by atoms with Gasteiger partial charge in [0.15, 0.2) is 0 Å². The molecule has 1 heterocycles. The summed E-state index contributed by atoms with van der Waals surface area (Å²) >= 11 is 6.07. The predicted molar refractivity (Wildman–Crippen MR) is 69.6 cm³/mol. The second kappa shape index (κ2) is 4.63. The van der Waals surface area contributed by atoms with Crippen LogP contribution in [0.15, 0.2) is 30.5 Å². The summed E-state index contributed by atoms with van der Waals surface area (Å²) in [5.41, 5.74) is 8.35. The van der Waals surface area contributed by atoms with Crippen LogP contribution < -0.4 is 10.5 Å². The number of nitrogens with zero attached hydrogens (tertiary/aromatic N) is 1. The minimum Gasteiger partial charge on any atom is -0.437 e. The SMILES string of the molecule is Cc1ccc(Oc2cc(C)c(N)cn2)c(Cl)c1. The molecule has 2 rings (SSSR count). The molecule has 0 spiro atoms. The molecule has 1 aromatic carbocycles. The Bertz CT molecular complexity index is 555. The van der Waals surface area contributed by atoms with Crippen molar-refractivity contribution < 1.29 is 4.74 Å². The first-order chi connectivity index (χ1) is 8.06. The van der Waals surface area contributed by atoms with E-state index in [-0.39, 0.29) is 0 Å². The van der Waals surface area contributed by atoms with Gasteiger partial charge in [0.05, 0.1) is 16.9 Å². The maximum absolute atomic E-state index is 6.07. The lowest BCUT2D eigenvalue weighted by molar-refractivity contribution is 0.463. The monoisotopic (exact) mass is 248 g/mol. The minimum atomic E-state index is 0.488. The second-order valence-electron chi connectivity index (χ2n) is 3.92. The van der Waals surface area contributed by atoms with Crippen LogP contribution in [-0.4, -0.2) is 4.98 Å². The fourth-order valence-corrected chi connectivity index (χ4v) is 1.67. The number of ether oxygens (including phenoxy) is 1. The molecule has 0 aliphatic rings. The number of rotatable bonds is 2. The van der Waals surface area contributed by atoms with Crippen molar-refractivity contribution in [3.05, 3.63) is 46.6 Å². The van der Waals surface area contributed by atoms with Gasteiger partial charge in [0.1, 0.15) is 5.75 Å². The van der Waals surface area contributed by atoms with E-state index in [4.69, 9.17) is 22.1 Å². The summed E-state index contributed by atoms with van der Waals surface area (Å²) in [5.74, 6) is 1.08. The molecule has 4 heteroatoms. The number of hydrogen-bond donors (Lipinski definition) is 1. The Labute approximate surface area is 105 Å². The smallest absolute Gasteiger partial charge is 0.219 e. The molecule has 0 radical (unpaired) electrons. The summed E-state index contributed by atoms with van der Waals surface area (Å²) in [6, 6.07) is 7.39. The van der Waals surface area contributed by atoms with E-state index < -0.39 is 0 Å². The third-order valence-electron chi connectivity index (χ3n) is 2.43. The quantitative estimate of drug-likeness (QED) is 0.881. The van der Waals surface area contributed by atoms with E-state index in [0.717, 1.165) is 11.1 Å². The number of nitrogen functional groups attached to an aromatic ring is 1. The fourth-order valence-electron chi connectivity index (χ4n) is 1.40. The third kappa shape index (κ3) is 2.68. The molecular formula is C13H13ClN2O. The summed E-state index contributed by atoms with van der Waals surface area (Å²) in [5, 5.41) is 0.571. The molecule has 0 bridgehead atoms. The zero-order chi connectivity index (χ0) is 12.4. The van der Waals surface area contributed by atoms with Crippen molar-refractivity contribution in [1.82, 2.24) is 4.98 Å². The first-order valence-corrected chi connectivity index (χ1v) is 5.60. The van der Waals surface area contributed by atoms with Gasteiger partial charge in [0.2, 0.25) is 5.88 Å². The summed E-state index contributed by atoms with van der Waals surface area (Å²) in [6.07, 6.45) is 1.58. The van der Waals surface area contributed by atoms with Crippen LogP contribution in [0.4, 0.5) is 5.69 Å². The van der Waals surface area contributed by atoms with Crippen molar-refractivity contribution in [2.75, 3.05) is 5.73 Å². The van der Waals surface area contributed by atoms with E-state index in [9.17, 15) is 0 Å². The Hall–Kier alpha value is -1.74. The van der Waals surface area contributed by atoms with Crippen LogP contribution in [0.3, 0.4) is 0 Å². The van der Waals surface area contributed by atoms with Crippen LogP contribution in [-0.2, 0) is 0 Å². The van der Waals surface area contributed by atoms with Gasteiger partial charge in [-0.2, -0.15) is 0 Å². The molecule has 0 unspecified atom stereocenters. The van der Waals surface area contributed by atoms with Crippen LogP contribution in [0.5, 0.6) is 11.6 Å². The van der Waals surface area contributed by atoms with Gasteiger partial charge in [-0.05, 0) is 37.1 Å². The number of halogens is 1. The highest BCUT2D eigenvalue weighted by atomic mass is 35.5. The molecule has 17 heavy (non-hydrogen) atoms. The molecule has 0 atom stereocenters. The Morgan fingerprint density at radius 1 is 1.24 bits per heavy atom. The molecular weight excluding hydrogens is 236 g/mol. The first kappa shape index (κ1) is 11.7. The van der Waals surface area contributed by atoms with Gasteiger partial charge in [-0.3, -0.25) is 0 Å². The van der Waals surface area contributed by atoms with Crippen LogP contribution in [0.25, 0.3) is 0 Å². The van der Waals surface area contributed by atoms with Crippen molar-refractivity contribution in [3.63, 3.8) is 0 Å². The molecule has 1 aromatic heterocycles. The minimum absolute atomic E-state index is 0.488. The Morgan fingerprint density at radius 2 is 2.00 bits per heavy atom. The van der Waals surface area contributed by atoms with Crippen molar-refractivity contribution in [3.8, 4) is 11.6 Å². The highest BCUT2D eigenvalue weighted by Gasteiger charge is 2.05. The number of nitrogens with two attached hydrogens (primary N) is 1. The summed E-state index contributed by atoms with van der Waals surface area (Å²) < 4.78 is 5.60. The summed E-state index contributed by atoms with van der Waals surface area (Å²) in [4.78, 5) is 4.09. The lowest BCUT2D eigenvalue weighted by atomic mass is 10.2. The number of aromatic nitrogens is 1. The van der Waals surface area contributed by atoms with Gasteiger partial charge in [0, 0.05) is 6.07 Å². The van der Waals surface area contributed by atoms with E-state index in [1.165, 1.54) is 0 Å². The maximum Gasteiger partial charge on any atom is 0.219 e. The Balaban J connectivity index is 2.28. The molecule has 88 valence electrons. The van der Waals surface area contributed by atoms with Gasteiger partial charge in [-0.15, -0.1) is 0 Å². The van der Waals surface area contributed by atoms with E-state index in [0.29, 0.717) is 22.3 Å². The normalized spacial score (nSPS) is 10.3. The van der Waals surface area contributed by atoms with Crippen LogP contribution >= 0.6 is 11.6 Å². The molecule has 0 saturated carbocycles. The maximum atomic E-state index is 6.07. The van der Waals surface area contributed by atoms with Crippen molar-refractivity contribution in [2.45, 2.75) is 13.8 Å². The lowest BCUT2D eigenvalue weighted by Crippen LogP contribution is -1.94. The van der Waals surface area contributed by atoms with Crippen LogP contribution in [0.2, 0.25) is 5.02 Å². The van der Waals surface area contributed by atoms with E-state index in [2.05, 4.69) is 4.98 Å². The topological polar surface area (TPSA) is 48.1 Å². The largest absolute Gasteiger partial charge is 0.437 e. The average molecular weight is 249 g/mol. The molecule has 0 saturated heterocycles. The molecule has 3 nitrogen and oxygen atoms in total. The fraction of sp³-hybridized carbons (Fsp3) is 0.154. The molecule has 0 aliphatic carbocycles. The zero-order valence-corrected chi connectivity index (χ0v) is 10.5. The number of hydrogen-bond acceptors (Lipinski definition) is 3. The standard InChI is InChI=1S/C13H13ClN2O/c1-8-3-4-12(10(14)5-8)17-13-6-9(2)11(15)7-16-13/h3-7H,15H2,1-2H3. The van der Waals surface area contributed by atoms with Gasteiger partial charge in [0.25, 0.3) is 0 Å². The van der Waals surface area contributed by atoms with E-state index in [1.807, 2.05) is 32.0 Å². The summed E-state index contributed by atoms with van der Waals surface area (Å²) in [6.45, 7) is 3.88. The van der Waals surface area contributed by atoms with Gasteiger partial charge < -0.3 is 10.5 Å². The van der Waals surface area contributed by atoms with Crippen molar-refractivity contribution in [2.24, 2.45) is 0 Å². The molecule has 0 fully saturated rings.